The van der Waals surface area contributed by atoms with Gasteiger partial charge < -0.3 is 4.90 Å². The number of alkyl halides is 1. The quantitative estimate of drug-likeness (QED) is 0.567. The smallest absolute Gasteiger partial charge is 0.110 e. The van der Waals surface area contributed by atoms with Crippen molar-refractivity contribution in [1.82, 2.24) is 4.90 Å². The minimum absolute atomic E-state index is 0.575. The fraction of sp³-hybridized carbons (Fsp3) is 1.00. The predicted molar refractivity (Wildman–Crippen MR) is 45.5 cm³/mol. The molecule has 1 aliphatic heterocycles. The molecule has 0 bridgehead atoms. The van der Waals surface area contributed by atoms with E-state index in [9.17, 15) is 4.39 Å². The highest BCUT2D eigenvalue weighted by atomic mass is 19.1. The van der Waals surface area contributed by atoms with Gasteiger partial charge in [0.15, 0.2) is 0 Å². The van der Waals surface area contributed by atoms with Crippen LogP contribution >= 0.6 is 0 Å². The first-order valence-electron chi connectivity index (χ1n) is 4.44. The normalized spacial score (nSPS) is 25.9. The molecular weight excluding hydrogens is 141 g/mol. The molecule has 66 valence electrons. The summed E-state index contributed by atoms with van der Waals surface area (Å²) in [4.78, 5) is 2.33. The highest BCUT2D eigenvalue weighted by Crippen LogP contribution is 2.26. The van der Waals surface area contributed by atoms with Crippen molar-refractivity contribution in [2.24, 2.45) is 0 Å². The summed E-state index contributed by atoms with van der Waals surface area (Å²) in [5.74, 6) is 0. The standard InChI is InChI=1S/C9H18FN/c1-8(2)11-6-4-9(3,10)5-7-11/h8H,4-7H2,1-3H3. The Morgan fingerprint density at radius 3 is 2.09 bits per heavy atom. The molecule has 1 saturated heterocycles. The first-order valence-corrected chi connectivity index (χ1v) is 4.44. The summed E-state index contributed by atoms with van der Waals surface area (Å²) in [6.07, 6.45) is 1.40. The molecule has 0 spiro atoms. The summed E-state index contributed by atoms with van der Waals surface area (Å²) in [6, 6.07) is 0.575. The van der Waals surface area contributed by atoms with Crippen molar-refractivity contribution in [1.29, 1.82) is 0 Å². The van der Waals surface area contributed by atoms with Gasteiger partial charge in [-0.15, -0.1) is 0 Å². The van der Waals surface area contributed by atoms with E-state index in [0.717, 1.165) is 13.1 Å². The highest BCUT2D eigenvalue weighted by molar-refractivity contribution is 4.83. The number of nitrogens with zero attached hydrogens (tertiary/aromatic N) is 1. The van der Waals surface area contributed by atoms with Crippen LogP contribution < -0.4 is 0 Å². The Labute approximate surface area is 68.6 Å². The molecule has 11 heavy (non-hydrogen) atoms. The van der Waals surface area contributed by atoms with Crippen LogP contribution in [0, 0.1) is 0 Å². The molecule has 0 atom stereocenters. The van der Waals surface area contributed by atoms with Gasteiger partial charge in [0.25, 0.3) is 0 Å². The summed E-state index contributed by atoms with van der Waals surface area (Å²) in [7, 11) is 0. The molecule has 0 radical (unpaired) electrons. The molecule has 1 aliphatic rings. The molecule has 0 unspecified atom stereocenters. The molecule has 0 N–H and O–H groups in total. The van der Waals surface area contributed by atoms with Crippen LogP contribution in [0.3, 0.4) is 0 Å². The van der Waals surface area contributed by atoms with Crippen LogP contribution in [0.25, 0.3) is 0 Å². The van der Waals surface area contributed by atoms with E-state index in [0.29, 0.717) is 18.9 Å². The molecule has 0 aliphatic carbocycles. The molecule has 0 amide bonds. The lowest BCUT2D eigenvalue weighted by Crippen LogP contribution is -2.43. The van der Waals surface area contributed by atoms with Gasteiger partial charge >= 0.3 is 0 Å². The van der Waals surface area contributed by atoms with Crippen LogP contribution in [0.1, 0.15) is 33.6 Å². The van der Waals surface area contributed by atoms with Crippen LogP contribution in [-0.4, -0.2) is 29.7 Å². The number of rotatable bonds is 1. The minimum Gasteiger partial charge on any atom is -0.301 e. The Hall–Kier alpha value is -0.110. The van der Waals surface area contributed by atoms with Gasteiger partial charge in [0.05, 0.1) is 0 Å². The summed E-state index contributed by atoms with van der Waals surface area (Å²) >= 11 is 0. The van der Waals surface area contributed by atoms with Crippen LogP contribution in [0.2, 0.25) is 0 Å². The molecule has 0 aromatic carbocycles. The van der Waals surface area contributed by atoms with Gasteiger partial charge in [0.1, 0.15) is 5.67 Å². The van der Waals surface area contributed by atoms with Gasteiger partial charge in [-0.3, -0.25) is 0 Å². The van der Waals surface area contributed by atoms with Gasteiger partial charge in [-0.05, 0) is 33.6 Å². The lowest BCUT2D eigenvalue weighted by molar-refractivity contribution is 0.0592. The number of hydrogen-bond donors (Lipinski definition) is 0. The lowest BCUT2D eigenvalue weighted by Gasteiger charge is -2.36. The Morgan fingerprint density at radius 1 is 1.27 bits per heavy atom. The van der Waals surface area contributed by atoms with Crippen molar-refractivity contribution >= 4 is 0 Å². The first-order chi connectivity index (χ1) is 5.01. The molecule has 0 saturated carbocycles. The number of piperidine rings is 1. The number of hydrogen-bond acceptors (Lipinski definition) is 1. The van der Waals surface area contributed by atoms with Crippen molar-refractivity contribution in [2.75, 3.05) is 13.1 Å². The van der Waals surface area contributed by atoms with Crippen molar-refractivity contribution < 1.29 is 4.39 Å². The van der Waals surface area contributed by atoms with E-state index in [-0.39, 0.29) is 0 Å². The SMILES string of the molecule is CC(C)N1CCC(C)(F)CC1. The summed E-state index contributed by atoms with van der Waals surface area (Å²) < 4.78 is 13.3. The van der Waals surface area contributed by atoms with Gasteiger partial charge in [0, 0.05) is 19.1 Å². The largest absolute Gasteiger partial charge is 0.301 e. The van der Waals surface area contributed by atoms with Crippen LogP contribution in [0.15, 0.2) is 0 Å². The van der Waals surface area contributed by atoms with Crippen LogP contribution in [-0.2, 0) is 0 Å². The Balaban J connectivity index is 2.36. The summed E-state index contributed by atoms with van der Waals surface area (Å²) in [5, 5.41) is 0. The van der Waals surface area contributed by atoms with Crippen molar-refractivity contribution in [3.8, 4) is 0 Å². The molecule has 1 fully saturated rings. The number of likely N-dealkylation sites (tertiary alicyclic amines) is 1. The maximum absolute atomic E-state index is 13.3. The molecule has 1 nitrogen and oxygen atoms in total. The zero-order chi connectivity index (χ0) is 8.48. The fourth-order valence-corrected chi connectivity index (χ4v) is 1.51. The van der Waals surface area contributed by atoms with Crippen LogP contribution in [0.4, 0.5) is 4.39 Å². The third-order valence-electron chi connectivity index (χ3n) is 2.57. The van der Waals surface area contributed by atoms with E-state index in [1.54, 1.807) is 6.92 Å². The number of halogens is 1. The third kappa shape index (κ3) is 2.44. The Kier molecular flexibility index (Phi) is 2.53. The molecule has 0 aromatic heterocycles. The molecular formula is C9H18FN. The zero-order valence-corrected chi connectivity index (χ0v) is 7.73. The summed E-state index contributed by atoms with van der Waals surface area (Å²) in [6.45, 7) is 7.89. The van der Waals surface area contributed by atoms with E-state index < -0.39 is 5.67 Å². The third-order valence-corrected chi connectivity index (χ3v) is 2.57. The van der Waals surface area contributed by atoms with E-state index in [4.69, 9.17) is 0 Å². The molecule has 2 heteroatoms. The van der Waals surface area contributed by atoms with Gasteiger partial charge in [-0.1, -0.05) is 0 Å². The first kappa shape index (κ1) is 8.98. The second kappa shape index (κ2) is 3.10. The predicted octanol–water partition coefficient (Wildman–Crippen LogP) is 2.22. The second-order valence-electron chi connectivity index (χ2n) is 4.04. The fourth-order valence-electron chi connectivity index (χ4n) is 1.51. The Morgan fingerprint density at radius 2 is 1.73 bits per heavy atom. The van der Waals surface area contributed by atoms with Gasteiger partial charge in [-0.25, -0.2) is 4.39 Å². The topological polar surface area (TPSA) is 3.24 Å². The second-order valence-corrected chi connectivity index (χ2v) is 4.04. The van der Waals surface area contributed by atoms with Crippen molar-refractivity contribution in [2.45, 2.75) is 45.3 Å². The Bertz CT molecular complexity index is 122. The monoisotopic (exact) mass is 159 g/mol. The maximum Gasteiger partial charge on any atom is 0.110 e. The maximum atomic E-state index is 13.3. The average Bonchev–Trinajstić information content (AvgIpc) is 1.86. The van der Waals surface area contributed by atoms with E-state index in [1.807, 2.05) is 0 Å². The highest BCUT2D eigenvalue weighted by Gasteiger charge is 2.29. The average molecular weight is 159 g/mol. The lowest BCUT2D eigenvalue weighted by atomic mass is 9.95. The van der Waals surface area contributed by atoms with Crippen LogP contribution in [0.5, 0.6) is 0 Å². The van der Waals surface area contributed by atoms with E-state index >= 15 is 0 Å². The van der Waals surface area contributed by atoms with Gasteiger partial charge in [0.2, 0.25) is 0 Å². The molecule has 0 aromatic rings. The van der Waals surface area contributed by atoms with E-state index in [1.165, 1.54) is 0 Å². The molecule has 1 heterocycles. The molecule has 1 rings (SSSR count). The zero-order valence-electron chi connectivity index (χ0n) is 7.73. The van der Waals surface area contributed by atoms with E-state index in [2.05, 4.69) is 18.7 Å². The van der Waals surface area contributed by atoms with Gasteiger partial charge in [-0.2, -0.15) is 0 Å². The summed E-state index contributed by atoms with van der Waals surface area (Å²) in [5.41, 5.74) is -0.897. The minimum atomic E-state index is -0.897. The van der Waals surface area contributed by atoms with Crippen molar-refractivity contribution in [3.05, 3.63) is 0 Å². The van der Waals surface area contributed by atoms with Crippen molar-refractivity contribution in [3.63, 3.8) is 0 Å².